The summed E-state index contributed by atoms with van der Waals surface area (Å²) < 4.78 is 68.4. The second-order valence-corrected chi connectivity index (χ2v) is 22.6. The number of ether oxygens (including phenoxy) is 1. The van der Waals surface area contributed by atoms with E-state index in [2.05, 4.69) is 42.4 Å². The van der Waals surface area contributed by atoms with E-state index in [1.807, 2.05) is 6.07 Å². The number of aliphatic carboxylic acids is 4. The van der Waals surface area contributed by atoms with Gasteiger partial charge < -0.3 is 51.7 Å². The second kappa shape index (κ2) is 32.6. The third-order valence-corrected chi connectivity index (χ3v) is 15.3. The Hall–Kier alpha value is -6.61. The van der Waals surface area contributed by atoms with E-state index in [-0.39, 0.29) is 120 Å². The van der Waals surface area contributed by atoms with Gasteiger partial charge in [0.05, 0.1) is 37.7 Å². The molecular weight excluding hydrogens is 1090 g/mol. The standard InChI is InChI=1S/C49H75N11O18S2/c1-33-25-37(26-34(2)46(33)80(76,77)56-38(49(71)72)27-53-41(62)9-4-3-8-36-12-11-35-7-5-13-51-47(35)54-36)78-24-6-10-40(61)50-14-15-52-48(70)39(32-79(73,74)75)55-42(63)28-57-16-18-58(29-43(64)65)20-22-60(31-45(68)69)23-21-59(19-17-57)30-44(66)67/h11-12,25-26,38-39,56H,3-10,13-24,27-32H2,1-2H3,(H,50,61)(H,51,54)(H,52,70)(H,53,62)(H,55,63)(H,64,65)(H,66,67)(H,68,69)(H,71,72)(H,73,74,75)/t38-,39+/m1/s1. The highest BCUT2D eigenvalue weighted by Gasteiger charge is 2.30. The molecule has 11 N–H and O–H groups in total. The number of anilines is 1. The SMILES string of the molecule is Cc1cc(OCCCC(=O)NCCNC(=O)[C@H](CS(=O)(=O)O)NC(=O)CN2CCN(CC(=O)O)CCN(CC(=O)O)CCN(CC(=O)O)CC2)cc(C)c1S(=O)(=O)N[C@H](CNC(=O)CCCCc1ccc2c(n1)NCCC2)C(=O)O. The number of pyridine rings is 1. The van der Waals surface area contributed by atoms with Crippen molar-refractivity contribution in [3.05, 3.63) is 46.6 Å². The maximum Gasteiger partial charge on any atom is 0.323 e. The lowest BCUT2D eigenvalue weighted by Gasteiger charge is -2.33. The Morgan fingerprint density at radius 2 is 1.20 bits per heavy atom. The average molecular weight is 1170 g/mol. The summed E-state index contributed by atoms with van der Waals surface area (Å²) in [4.78, 5) is 109. The number of amides is 4. The number of carboxylic acid groups (broad SMARTS) is 4. The zero-order valence-corrected chi connectivity index (χ0v) is 46.6. The van der Waals surface area contributed by atoms with Crippen molar-refractivity contribution in [3.63, 3.8) is 0 Å². The number of carbonyl (C=O) groups is 8. The number of carboxylic acids is 4. The van der Waals surface area contributed by atoms with Gasteiger partial charge in [-0.15, -0.1) is 0 Å². The molecule has 29 nitrogen and oxygen atoms in total. The van der Waals surface area contributed by atoms with Crippen molar-refractivity contribution in [2.45, 2.75) is 82.2 Å². The minimum absolute atomic E-state index is 0.0134. The first-order valence-electron chi connectivity index (χ1n) is 26.1. The molecule has 0 bridgehead atoms. The van der Waals surface area contributed by atoms with Gasteiger partial charge in [-0.25, -0.2) is 13.4 Å². The number of rotatable bonds is 31. The van der Waals surface area contributed by atoms with Crippen LogP contribution in [0, 0.1) is 13.8 Å². The largest absolute Gasteiger partial charge is 0.494 e. The van der Waals surface area contributed by atoms with Gasteiger partial charge in [0.1, 0.15) is 29.4 Å². The Bertz CT molecular complexity index is 2660. The number of carbonyl (C=O) groups excluding carboxylic acids is 4. The van der Waals surface area contributed by atoms with Crippen LogP contribution in [0.4, 0.5) is 5.82 Å². The van der Waals surface area contributed by atoms with Crippen LogP contribution in [-0.4, -0.2) is 243 Å². The van der Waals surface area contributed by atoms with Crippen LogP contribution < -0.4 is 36.0 Å². The minimum atomic E-state index is -4.84. The van der Waals surface area contributed by atoms with E-state index in [1.165, 1.54) is 41.3 Å². The first-order valence-corrected chi connectivity index (χ1v) is 29.2. The molecule has 1 aromatic heterocycles. The topological polar surface area (TPSA) is 413 Å². The summed E-state index contributed by atoms with van der Waals surface area (Å²) in [6.45, 7) is 2.17. The van der Waals surface area contributed by atoms with Crippen molar-refractivity contribution in [1.82, 2.24) is 50.6 Å². The van der Waals surface area contributed by atoms with Crippen molar-refractivity contribution in [1.29, 1.82) is 0 Å². The van der Waals surface area contributed by atoms with E-state index in [0.29, 0.717) is 19.3 Å². The number of hydrogen-bond acceptors (Lipinski definition) is 19. The molecule has 0 unspecified atom stereocenters. The van der Waals surface area contributed by atoms with E-state index in [4.69, 9.17) is 4.74 Å². The molecule has 1 fully saturated rings. The lowest BCUT2D eigenvalue weighted by Crippen LogP contribution is -2.54. The minimum Gasteiger partial charge on any atom is -0.494 e. The highest BCUT2D eigenvalue weighted by molar-refractivity contribution is 7.89. The van der Waals surface area contributed by atoms with Gasteiger partial charge in [0.25, 0.3) is 10.1 Å². The van der Waals surface area contributed by atoms with Crippen LogP contribution in [0.1, 0.15) is 60.9 Å². The van der Waals surface area contributed by atoms with E-state index < -0.39 is 112 Å². The van der Waals surface area contributed by atoms with Gasteiger partial charge in [-0.2, -0.15) is 13.1 Å². The Morgan fingerprint density at radius 3 is 1.74 bits per heavy atom. The lowest BCUT2D eigenvalue weighted by molar-refractivity contribution is -0.140. The number of nitrogens with one attached hydrogen (secondary N) is 6. The van der Waals surface area contributed by atoms with Crippen molar-refractivity contribution < 1.29 is 84.9 Å². The molecule has 4 amide bonds. The van der Waals surface area contributed by atoms with Crippen LogP contribution in [0.5, 0.6) is 5.75 Å². The van der Waals surface area contributed by atoms with Gasteiger partial charge in [0, 0.05) is 97.1 Å². The fraction of sp³-hybridized carbons (Fsp3) is 0.612. The summed E-state index contributed by atoms with van der Waals surface area (Å²) in [6.07, 6.45) is 4.11. The molecule has 2 atom stereocenters. The van der Waals surface area contributed by atoms with Gasteiger partial charge in [-0.05, 0) is 87.3 Å². The highest BCUT2D eigenvalue weighted by atomic mass is 32.2. The lowest BCUT2D eigenvalue weighted by atomic mass is 10.1. The molecule has 1 aromatic carbocycles. The molecule has 0 aliphatic carbocycles. The predicted molar refractivity (Wildman–Crippen MR) is 287 cm³/mol. The highest BCUT2D eigenvalue weighted by Crippen LogP contribution is 2.26. The molecule has 0 spiro atoms. The molecule has 1 saturated heterocycles. The van der Waals surface area contributed by atoms with Crippen LogP contribution in [0.3, 0.4) is 0 Å². The van der Waals surface area contributed by atoms with Crippen molar-refractivity contribution in [2.24, 2.45) is 0 Å². The molecule has 0 radical (unpaired) electrons. The van der Waals surface area contributed by atoms with Crippen LogP contribution in [-0.2, 0) is 71.3 Å². The third kappa shape index (κ3) is 24.8. The predicted octanol–water partition coefficient (Wildman–Crippen LogP) is -2.44. The summed E-state index contributed by atoms with van der Waals surface area (Å²) in [7, 11) is -9.25. The first kappa shape index (κ1) is 65.9. The van der Waals surface area contributed by atoms with Gasteiger partial charge in [0.2, 0.25) is 33.7 Å². The van der Waals surface area contributed by atoms with Crippen LogP contribution >= 0.6 is 0 Å². The Balaban J connectivity index is 1.20. The van der Waals surface area contributed by atoms with Gasteiger partial charge in [-0.1, -0.05) is 6.07 Å². The van der Waals surface area contributed by atoms with Crippen molar-refractivity contribution >= 4 is 73.5 Å². The maximum atomic E-state index is 13.5. The van der Waals surface area contributed by atoms with Crippen LogP contribution in [0.15, 0.2) is 29.2 Å². The van der Waals surface area contributed by atoms with Crippen molar-refractivity contribution in [3.8, 4) is 5.75 Å². The zero-order valence-electron chi connectivity index (χ0n) is 44.9. The summed E-state index contributed by atoms with van der Waals surface area (Å²) in [5, 5.41) is 51.2. The van der Waals surface area contributed by atoms with Crippen LogP contribution in [0.2, 0.25) is 0 Å². The van der Waals surface area contributed by atoms with Crippen LogP contribution in [0.25, 0.3) is 0 Å². The maximum absolute atomic E-state index is 13.5. The smallest absolute Gasteiger partial charge is 0.323 e. The summed E-state index contributed by atoms with van der Waals surface area (Å²) in [5.41, 5.74) is 2.55. The Labute approximate surface area is 464 Å². The van der Waals surface area contributed by atoms with E-state index in [1.54, 1.807) is 9.80 Å². The van der Waals surface area contributed by atoms with E-state index in [9.17, 15) is 80.2 Å². The van der Waals surface area contributed by atoms with Crippen molar-refractivity contribution in [2.75, 3.05) is 122 Å². The Morgan fingerprint density at radius 1 is 0.675 bits per heavy atom. The number of benzene rings is 1. The Kier molecular flexibility index (Phi) is 26.9. The third-order valence-electron chi connectivity index (χ3n) is 12.8. The molecular formula is C49H75N11O18S2. The first-order chi connectivity index (χ1) is 37.8. The monoisotopic (exact) mass is 1170 g/mol. The fourth-order valence-corrected chi connectivity index (χ4v) is 11.2. The number of hydrogen-bond donors (Lipinski definition) is 11. The molecule has 80 heavy (non-hydrogen) atoms. The number of fused-ring (bicyclic) bond motifs is 1. The molecule has 31 heteroatoms. The molecule has 4 rings (SSSR count). The number of sulfonamides is 1. The molecule has 2 aliphatic rings. The molecule has 3 heterocycles. The molecule has 446 valence electrons. The normalized spacial score (nSPS) is 16.0. The number of nitrogens with zero attached hydrogens (tertiary/aromatic N) is 5. The fourth-order valence-electron chi connectivity index (χ4n) is 8.89. The number of aryl methyl sites for hydroxylation is 4. The summed E-state index contributed by atoms with van der Waals surface area (Å²) in [5.74, 6) is -7.75. The molecule has 0 saturated carbocycles. The molecule has 2 aromatic rings. The summed E-state index contributed by atoms with van der Waals surface area (Å²) in [6, 6.07) is 3.44. The quantitative estimate of drug-likeness (QED) is 0.0276. The zero-order chi connectivity index (χ0) is 59.0. The van der Waals surface area contributed by atoms with Gasteiger partial charge in [-0.3, -0.25) is 62.5 Å². The average Bonchev–Trinajstić information content (AvgIpc) is 3.36. The van der Waals surface area contributed by atoms with E-state index >= 15 is 0 Å². The second-order valence-electron chi connectivity index (χ2n) is 19.5. The molecule has 2 aliphatic heterocycles. The van der Waals surface area contributed by atoms with Gasteiger partial charge >= 0.3 is 23.9 Å². The number of aromatic nitrogens is 1. The van der Waals surface area contributed by atoms with E-state index in [0.717, 1.165) is 30.9 Å². The van der Waals surface area contributed by atoms with Gasteiger partial charge in [0.15, 0.2) is 0 Å². The summed E-state index contributed by atoms with van der Waals surface area (Å²) >= 11 is 0. The number of unbranched alkanes of at least 4 members (excludes halogenated alkanes) is 1.